The number of hydrogen-bond donors (Lipinski definition) is 2. The summed E-state index contributed by atoms with van der Waals surface area (Å²) in [4.78, 5) is 32.0. The van der Waals surface area contributed by atoms with Crippen LogP contribution in [-0.4, -0.2) is 15.1 Å². The lowest BCUT2D eigenvalue weighted by atomic mass is 10.1. The van der Waals surface area contributed by atoms with Crippen LogP contribution in [0.2, 0.25) is 5.02 Å². The normalized spacial score (nSPS) is 11.2. The van der Waals surface area contributed by atoms with Crippen molar-refractivity contribution in [1.29, 1.82) is 0 Å². The number of nitrogens with zero attached hydrogens (tertiary/aromatic N) is 1. The first-order valence-electron chi connectivity index (χ1n) is 7.04. The largest absolute Gasteiger partial charge is 0.378 e. The third-order valence-electron chi connectivity index (χ3n) is 3.48. The van der Waals surface area contributed by atoms with Crippen LogP contribution in [-0.2, 0) is 6.42 Å². The van der Waals surface area contributed by atoms with E-state index in [-0.39, 0.29) is 11.1 Å². The maximum absolute atomic E-state index is 12.3. The van der Waals surface area contributed by atoms with Crippen molar-refractivity contribution in [3.05, 3.63) is 73.5 Å². The van der Waals surface area contributed by atoms with Crippen molar-refractivity contribution >= 4 is 33.2 Å². The molecule has 0 radical (unpaired) electrons. The Labute approximate surface area is 143 Å². The van der Waals surface area contributed by atoms with Crippen LogP contribution in [0, 0.1) is 0 Å². The van der Waals surface area contributed by atoms with Crippen LogP contribution >= 0.6 is 22.9 Å². The minimum atomic E-state index is -0.328. The number of nitrogens with one attached hydrogen (secondary N) is 2. The van der Waals surface area contributed by atoms with Crippen molar-refractivity contribution in [2.45, 2.75) is 6.42 Å². The van der Waals surface area contributed by atoms with E-state index in [1.54, 1.807) is 12.1 Å². The zero-order valence-corrected chi connectivity index (χ0v) is 13.7. The highest BCUT2D eigenvalue weighted by Crippen LogP contribution is 2.30. The molecule has 0 aliphatic heterocycles. The minimum absolute atomic E-state index is 0.225. The quantitative estimate of drug-likeness (QED) is 0.587. The number of aromatic amines is 2. The van der Waals surface area contributed by atoms with Crippen molar-refractivity contribution in [2.75, 3.05) is 0 Å². The highest BCUT2D eigenvalue weighted by atomic mass is 35.5. The topological polar surface area (TPSA) is 91.8 Å². The Morgan fingerprint density at radius 2 is 2.08 bits per heavy atom. The van der Waals surface area contributed by atoms with E-state index >= 15 is 0 Å². The van der Waals surface area contributed by atoms with E-state index in [2.05, 4.69) is 15.1 Å². The third kappa shape index (κ3) is 2.79. The van der Waals surface area contributed by atoms with Crippen LogP contribution in [0.5, 0.6) is 0 Å². The fraction of sp³-hybridized carbons (Fsp3) is 0.0625. The van der Waals surface area contributed by atoms with E-state index in [1.807, 2.05) is 18.2 Å². The Hall–Kier alpha value is -2.64. The first-order valence-corrected chi connectivity index (χ1v) is 8.24. The average Bonchev–Trinajstić information content (AvgIpc) is 3.13. The van der Waals surface area contributed by atoms with Gasteiger partial charge in [-0.1, -0.05) is 23.7 Å². The molecule has 4 rings (SSSR count). The summed E-state index contributed by atoms with van der Waals surface area (Å²) in [5.41, 5.74) is 0.404. The summed E-state index contributed by atoms with van der Waals surface area (Å²) in [5, 5.41) is 3.33. The first kappa shape index (κ1) is 14.9. The number of H-pyrrole nitrogens is 2. The molecule has 0 unspecified atom stereocenters. The number of benzene rings is 1. The molecule has 120 valence electrons. The molecule has 4 aromatic rings. The molecule has 0 bridgehead atoms. The number of aromatic nitrogens is 3. The number of hydrogen-bond acceptors (Lipinski definition) is 5. The van der Waals surface area contributed by atoms with E-state index in [1.165, 1.54) is 17.4 Å². The van der Waals surface area contributed by atoms with Gasteiger partial charge in [-0.05, 0) is 23.8 Å². The van der Waals surface area contributed by atoms with Gasteiger partial charge in [0.2, 0.25) is 0 Å². The van der Waals surface area contributed by atoms with E-state index in [0.29, 0.717) is 38.1 Å². The molecule has 2 N–H and O–H groups in total. The summed E-state index contributed by atoms with van der Waals surface area (Å²) in [6, 6.07) is 10.4. The predicted molar refractivity (Wildman–Crippen MR) is 92.8 cm³/mol. The van der Waals surface area contributed by atoms with Gasteiger partial charge >= 0.3 is 0 Å². The van der Waals surface area contributed by atoms with E-state index in [4.69, 9.17) is 16.1 Å². The molecule has 0 atom stereocenters. The summed E-state index contributed by atoms with van der Waals surface area (Å²) in [5.74, 6) is 0.942. The van der Waals surface area contributed by atoms with Crippen molar-refractivity contribution < 1.29 is 4.52 Å². The van der Waals surface area contributed by atoms with Gasteiger partial charge in [-0.15, -0.1) is 11.3 Å². The third-order valence-corrected chi connectivity index (χ3v) is 4.76. The van der Waals surface area contributed by atoms with Gasteiger partial charge in [0.15, 0.2) is 5.76 Å². The number of halogens is 1. The maximum Gasteiger partial charge on any atom is 0.280 e. The molecular formula is C16H10ClN3O3S. The van der Waals surface area contributed by atoms with Crippen molar-refractivity contribution in [2.24, 2.45) is 0 Å². The van der Waals surface area contributed by atoms with Crippen molar-refractivity contribution in [1.82, 2.24) is 15.1 Å². The van der Waals surface area contributed by atoms with E-state index < -0.39 is 0 Å². The zero-order valence-electron chi connectivity index (χ0n) is 12.1. The summed E-state index contributed by atoms with van der Waals surface area (Å²) >= 11 is 7.28. The van der Waals surface area contributed by atoms with Crippen LogP contribution in [0.15, 0.2) is 50.5 Å². The van der Waals surface area contributed by atoms with Gasteiger partial charge in [-0.3, -0.25) is 9.59 Å². The standard InChI is InChI=1S/C16H10ClN3O3S/c17-9-3-1-2-8(4-9)5-13-18-15(22)10-6-12(24-16(10)19-13)11-7-14(21)20-23-11/h1-4,6-7H,5H2,(H,20,21)(H,18,19,22). The number of rotatable bonds is 3. The van der Waals surface area contributed by atoms with Crippen LogP contribution in [0.1, 0.15) is 11.4 Å². The van der Waals surface area contributed by atoms with Gasteiger partial charge < -0.3 is 9.51 Å². The molecule has 0 amide bonds. The predicted octanol–water partition coefficient (Wildman–Crippen LogP) is 3.18. The number of fused-ring (bicyclic) bond motifs is 1. The first-order chi connectivity index (χ1) is 11.6. The Bertz CT molecular complexity index is 1160. The molecule has 3 aromatic heterocycles. The summed E-state index contributed by atoms with van der Waals surface area (Å²) in [6.07, 6.45) is 0.470. The van der Waals surface area contributed by atoms with E-state index in [0.717, 1.165) is 5.56 Å². The van der Waals surface area contributed by atoms with Gasteiger partial charge in [-0.25, -0.2) is 4.98 Å². The van der Waals surface area contributed by atoms with Gasteiger partial charge in [0, 0.05) is 11.4 Å². The monoisotopic (exact) mass is 359 g/mol. The molecule has 6 nitrogen and oxygen atoms in total. The van der Waals surface area contributed by atoms with Gasteiger partial charge in [-0.2, -0.15) is 5.16 Å². The lowest BCUT2D eigenvalue weighted by Crippen LogP contribution is -2.10. The van der Waals surface area contributed by atoms with Crippen molar-refractivity contribution in [3.63, 3.8) is 0 Å². The highest BCUT2D eigenvalue weighted by Gasteiger charge is 2.13. The molecule has 0 saturated carbocycles. The molecule has 0 saturated heterocycles. The molecular weight excluding hydrogens is 350 g/mol. The Morgan fingerprint density at radius 3 is 2.83 bits per heavy atom. The molecule has 0 spiro atoms. The number of thiophene rings is 1. The fourth-order valence-corrected chi connectivity index (χ4v) is 3.64. The van der Waals surface area contributed by atoms with Crippen LogP contribution in [0.3, 0.4) is 0 Å². The molecule has 0 aliphatic rings. The van der Waals surface area contributed by atoms with Crippen LogP contribution in [0.4, 0.5) is 0 Å². The minimum Gasteiger partial charge on any atom is -0.378 e. The fourth-order valence-electron chi connectivity index (χ4n) is 2.43. The lowest BCUT2D eigenvalue weighted by molar-refractivity contribution is 0.426. The van der Waals surface area contributed by atoms with Gasteiger partial charge in [0.25, 0.3) is 11.1 Å². The lowest BCUT2D eigenvalue weighted by Gasteiger charge is -2.02. The molecule has 8 heteroatoms. The molecule has 0 aliphatic carbocycles. The second-order valence-electron chi connectivity index (χ2n) is 5.23. The van der Waals surface area contributed by atoms with E-state index in [9.17, 15) is 9.59 Å². The molecule has 3 heterocycles. The second-order valence-corrected chi connectivity index (χ2v) is 6.69. The molecule has 1 aromatic carbocycles. The summed E-state index contributed by atoms with van der Waals surface area (Å²) in [7, 11) is 0. The highest BCUT2D eigenvalue weighted by molar-refractivity contribution is 7.21. The molecule has 0 fully saturated rings. The Kier molecular flexibility index (Phi) is 3.59. The zero-order chi connectivity index (χ0) is 16.7. The van der Waals surface area contributed by atoms with Gasteiger partial charge in [0.05, 0.1) is 16.3 Å². The van der Waals surface area contributed by atoms with Gasteiger partial charge in [0.1, 0.15) is 10.7 Å². The smallest absolute Gasteiger partial charge is 0.280 e. The Balaban J connectivity index is 1.76. The van der Waals surface area contributed by atoms with Crippen LogP contribution < -0.4 is 11.1 Å². The summed E-state index contributed by atoms with van der Waals surface area (Å²) in [6.45, 7) is 0. The van der Waals surface area contributed by atoms with Crippen molar-refractivity contribution in [3.8, 4) is 10.6 Å². The molecule has 24 heavy (non-hydrogen) atoms. The average molecular weight is 360 g/mol. The SMILES string of the molecule is O=c1cc(-c2cc3c(=O)[nH]c(Cc4cccc(Cl)c4)nc3s2)o[nH]1. The second kappa shape index (κ2) is 5.77. The maximum atomic E-state index is 12.3. The summed E-state index contributed by atoms with van der Waals surface area (Å²) < 4.78 is 5.08. The Morgan fingerprint density at radius 1 is 1.21 bits per heavy atom. The van der Waals surface area contributed by atoms with Crippen LogP contribution in [0.25, 0.3) is 20.9 Å².